The van der Waals surface area contributed by atoms with E-state index in [9.17, 15) is 14.4 Å². The number of rotatable bonds is 6. The van der Waals surface area contributed by atoms with E-state index < -0.39 is 11.6 Å². The highest BCUT2D eigenvalue weighted by molar-refractivity contribution is 6.10. The molecule has 3 amide bonds. The van der Waals surface area contributed by atoms with Gasteiger partial charge in [-0.1, -0.05) is 30.3 Å². The molecule has 0 bridgehead atoms. The van der Waals surface area contributed by atoms with Crippen molar-refractivity contribution in [2.45, 2.75) is 25.3 Å². The molecule has 0 radical (unpaired) electrons. The van der Waals surface area contributed by atoms with Crippen LogP contribution in [0.1, 0.15) is 29.4 Å². The molecule has 24 heavy (non-hydrogen) atoms. The van der Waals surface area contributed by atoms with Crippen molar-refractivity contribution in [2.24, 2.45) is 0 Å². The van der Waals surface area contributed by atoms with Gasteiger partial charge in [-0.25, -0.2) is 4.79 Å². The molecule has 1 unspecified atom stereocenters. The Balaban J connectivity index is 1.67. The molecule has 3 rings (SSSR count). The summed E-state index contributed by atoms with van der Waals surface area (Å²) in [6, 6.07) is 12.6. The van der Waals surface area contributed by atoms with Crippen LogP contribution in [0.2, 0.25) is 0 Å². The molecule has 2 aromatic rings. The smallest absolute Gasteiger partial charge is 0.325 e. The Kier molecular flexibility index (Phi) is 4.20. The van der Waals surface area contributed by atoms with Crippen LogP contribution in [-0.2, 0) is 11.2 Å². The number of H-pyrrole nitrogens is 1. The molecule has 1 aliphatic heterocycles. The number of Topliss-reactive ketones (excluding diaryl/α,β-unsaturated/α-hetero) is 1. The van der Waals surface area contributed by atoms with E-state index in [1.54, 1.807) is 25.3 Å². The number of aromatic amines is 1. The Morgan fingerprint density at radius 3 is 2.54 bits per heavy atom. The molecule has 0 saturated carbocycles. The van der Waals surface area contributed by atoms with Crippen LogP contribution in [-0.4, -0.2) is 39.7 Å². The second-order valence-electron chi connectivity index (χ2n) is 6.15. The molecule has 0 spiro atoms. The monoisotopic (exact) mass is 325 g/mol. The molecule has 2 heterocycles. The quantitative estimate of drug-likeness (QED) is 0.630. The molecule has 124 valence electrons. The zero-order chi connectivity index (χ0) is 17.2. The predicted octanol–water partition coefficient (Wildman–Crippen LogP) is 2.14. The van der Waals surface area contributed by atoms with Gasteiger partial charge in [0.05, 0.1) is 12.2 Å². The van der Waals surface area contributed by atoms with Gasteiger partial charge < -0.3 is 10.3 Å². The summed E-state index contributed by atoms with van der Waals surface area (Å²) in [6.07, 6.45) is 2.78. The zero-order valence-corrected chi connectivity index (χ0v) is 13.4. The SMILES string of the molecule is CC1(CCc2ccccc2)NC(=O)N(CC(=O)c2ccc[nH]2)C1=O. The number of imide groups is 1. The number of carbonyl (C=O) groups is 3. The number of hydrogen-bond donors (Lipinski definition) is 2. The minimum absolute atomic E-state index is 0.258. The van der Waals surface area contributed by atoms with Crippen molar-refractivity contribution in [3.05, 3.63) is 59.9 Å². The fourth-order valence-corrected chi connectivity index (χ4v) is 2.83. The van der Waals surface area contributed by atoms with Crippen LogP contribution >= 0.6 is 0 Å². The lowest BCUT2D eigenvalue weighted by atomic mass is 9.93. The van der Waals surface area contributed by atoms with Crippen molar-refractivity contribution < 1.29 is 14.4 Å². The maximum Gasteiger partial charge on any atom is 0.325 e. The summed E-state index contributed by atoms with van der Waals surface area (Å²) in [4.78, 5) is 40.7. The maximum absolute atomic E-state index is 12.6. The van der Waals surface area contributed by atoms with Crippen molar-refractivity contribution in [3.8, 4) is 0 Å². The molecule has 6 heteroatoms. The van der Waals surface area contributed by atoms with Gasteiger partial charge in [-0.3, -0.25) is 14.5 Å². The van der Waals surface area contributed by atoms with Crippen molar-refractivity contribution in [3.63, 3.8) is 0 Å². The third-order valence-electron chi connectivity index (χ3n) is 4.30. The van der Waals surface area contributed by atoms with Gasteiger partial charge in [-0.2, -0.15) is 0 Å². The summed E-state index contributed by atoms with van der Waals surface area (Å²) < 4.78 is 0. The molecule has 1 aromatic heterocycles. The molecule has 2 N–H and O–H groups in total. The van der Waals surface area contributed by atoms with E-state index in [0.29, 0.717) is 18.5 Å². The molecular formula is C18H19N3O3. The van der Waals surface area contributed by atoms with Gasteiger partial charge in [0.1, 0.15) is 5.54 Å². The van der Waals surface area contributed by atoms with E-state index in [1.165, 1.54) is 0 Å². The lowest BCUT2D eigenvalue weighted by Crippen LogP contribution is -2.44. The number of ketones is 1. The van der Waals surface area contributed by atoms with Gasteiger partial charge in [0, 0.05) is 6.20 Å². The number of nitrogens with zero attached hydrogens (tertiary/aromatic N) is 1. The molecule has 1 aromatic carbocycles. The van der Waals surface area contributed by atoms with Gasteiger partial charge in [-0.15, -0.1) is 0 Å². The Bertz CT molecular complexity index is 755. The Hall–Kier alpha value is -2.89. The van der Waals surface area contributed by atoms with Gasteiger partial charge in [0.25, 0.3) is 5.91 Å². The minimum Gasteiger partial charge on any atom is -0.359 e. The molecule has 1 aliphatic rings. The summed E-state index contributed by atoms with van der Waals surface area (Å²) in [5, 5.41) is 2.73. The van der Waals surface area contributed by atoms with Gasteiger partial charge >= 0.3 is 6.03 Å². The first-order chi connectivity index (χ1) is 11.5. The van der Waals surface area contributed by atoms with E-state index in [4.69, 9.17) is 0 Å². The Labute approximate surface area is 139 Å². The number of nitrogens with one attached hydrogen (secondary N) is 2. The number of carbonyl (C=O) groups excluding carboxylic acids is 3. The van der Waals surface area contributed by atoms with E-state index in [2.05, 4.69) is 10.3 Å². The number of hydrogen-bond acceptors (Lipinski definition) is 3. The average Bonchev–Trinajstić information content (AvgIpc) is 3.18. The van der Waals surface area contributed by atoms with Crippen molar-refractivity contribution in [2.75, 3.05) is 6.54 Å². The molecule has 1 fully saturated rings. The van der Waals surface area contributed by atoms with Crippen LogP contribution in [0.4, 0.5) is 4.79 Å². The lowest BCUT2D eigenvalue weighted by molar-refractivity contribution is -0.130. The summed E-state index contributed by atoms with van der Waals surface area (Å²) in [5.41, 5.74) is 0.498. The fourth-order valence-electron chi connectivity index (χ4n) is 2.83. The number of aryl methyl sites for hydroxylation is 1. The number of benzene rings is 1. The standard InChI is InChI=1S/C18H19N3O3/c1-18(10-9-13-6-3-2-4-7-13)16(23)21(17(24)20-18)12-15(22)14-8-5-11-19-14/h2-8,11,19H,9-10,12H2,1H3,(H,20,24). The van der Waals surface area contributed by atoms with Crippen LogP contribution in [0.5, 0.6) is 0 Å². The normalized spacial score (nSPS) is 20.3. The zero-order valence-electron chi connectivity index (χ0n) is 13.4. The van der Waals surface area contributed by atoms with E-state index in [1.807, 2.05) is 30.3 Å². The highest BCUT2D eigenvalue weighted by Crippen LogP contribution is 2.23. The third kappa shape index (κ3) is 3.08. The number of aromatic nitrogens is 1. The largest absolute Gasteiger partial charge is 0.359 e. The second-order valence-corrected chi connectivity index (χ2v) is 6.15. The number of amides is 3. The minimum atomic E-state index is -0.983. The van der Waals surface area contributed by atoms with Crippen molar-refractivity contribution >= 4 is 17.7 Å². The molecule has 0 aliphatic carbocycles. The van der Waals surface area contributed by atoms with Crippen LogP contribution in [0, 0.1) is 0 Å². The highest BCUT2D eigenvalue weighted by atomic mass is 16.2. The van der Waals surface area contributed by atoms with Crippen LogP contribution in [0.15, 0.2) is 48.7 Å². The Morgan fingerprint density at radius 2 is 1.88 bits per heavy atom. The summed E-state index contributed by atoms with van der Waals surface area (Å²) in [7, 11) is 0. The first-order valence-corrected chi connectivity index (χ1v) is 7.84. The molecule has 6 nitrogen and oxygen atoms in total. The first-order valence-electron chi connectivity index (χ1n) is 7.84. The maximum atomic E-state index is 12.6. The molecule has 1 saturated heterocycles. The Morgan fingerprint density at radius 1 is 1.12 bits per heavy atom. The van der Waals surface area contributed by atoms with Crippen LogP contribution in [0.25, 0.3) is 0 Å². The summed E-state index contributed by atoms with van der Waals surface area (Å²) in [6.45, 7) is 1.45. The predicted molar refractivity (Wildman–Crippen MR) is 88.5 cm³/mol. The molecule has 1 atom stereocenters. The second kappa shape index (κ2) is 6.31. The molecular weight excluding hydrogens is 306 g/mol. The fraction of sp³-hybridized carbons (Fsp3) is 0.278. The lowest BCUT2D eigenvalue weighted by Gasteiger charge is -2.21. The van der Waals surface area contributed by atoms with Crippen molar-refractivity contribution in [1.29, 1.82) is 0 Å². The summed E-state index contributed by atoms with van der Waals surface area (Å²) >= 11 is 0. The van der Waals surface area contributed by atoms with E-state index in [0.717, 1.165) is 10.5 Å². The van der Waals surface area contributed by atoms with E-state index in [-0.39, 0.29) is 18.2 Å². The van der Waals surface area contributed by atoms with Gasteiger partial charge in [0.15, 0.2) is 5.78 Å². The van der Waals surface area contributed by atoms with Crippen LogP contribution in [0.3, 0.4) is 0 Å². The topological polar surface area (TPSA) is 82.3 Å². The van der Waals surface area contributed by atoms with Crippen molar-refractivity contribution in [1.82, 2.24) is 15.2 Å². The highest BCUT2D eigenvalue weighted by Gasteiger charge is 2.47. The van der Waals surface area contributed by atoms with Crippen LogP contribution < -0.4 is 5.32 Å². The van der Waals surface area contributed by atoms with E-state index >= 15 is 0 Å². The summed E-state index contributed by atoms with van der Waals surface area (Å²) in [5.74, 6) is -0.654. The van der Waals surface area contributed by atoms with Gasteiger partial charge in [-0.05, 0) is 37.5 Å². The average molecular weight is 325 g/mol. The van der Waals surface area contributed by atoms with Gasteiger partial charge in [0.2, 0.25) is 0 Å². The third-order valence-corrected chi connectivity index (χ3v) is 4.30. The number of urea groups is 1. The first kappa shape index (κ1) is 16.0.